The number of hydrogen-bond donors (Lipinski definition) is 1. The summed E-state index contributed by atoms with van der Waals surface area (Å²) >= 11 is 1.74. The van der Waals surface area contributed by atoms with Gasteiger partial charge in [-0.15, -0.1) is 0 Å². The molecule has 2 aromatic heterocycles. The van der Waals surface area contributed by atoms with Crippen LogP contribution in [0, 0.1) is 6.92 Å². The normalized spacial score (nSPS) is 10.8. The molecule has 3 rings (SSSR count). The van der Waals surface area contributed by atoms with Gasteiger partial charge in [-0.05, 0) is 40.9 Å². The highest BCUT2D eigenvalue weighted by Gasteiger charge is 2.03. The highest BCUT2D eigenvalue weighted by Crippen LogP contribution is 2.13. The van der Waals surface area contributed by atoms with Crippen molar-refractivity contribution >= 4 is 11.3 Å². The molecule has 0 amide bonds. The molecule has 4 nitrogen and oxygen atoms in total. The van der Waals surface area contributed by atoms with E-state index in [4.69, 9.17) is 0 Å². The molecule has 20 heavy (non-hydrogen) atoms. The van der Waals surface area contributed by atoms with Gasteiger partial charge in [0.15, 0.2) is 0 Å². The predicted octanol–water partition coefficient (Wildman–Crippen LogP) is 2.93. The Balaban J connectivity index is 1.59. The van der Waals surface area contributed by atoms with Crippen molar-refractivity contribution in [1.82, 2.24) is 20.3 Å². The molecular weight excluding hydrogens is 268 g/mol. The molecule has 0 bridgehead atoms. The minimum Gasteiger partial charge on any atom is -0.307 e. The number of aromatic nitrogens is 3. The van der Waals surface area contributed by atoms with E-state index in [1.165, 1.54) is 11.1 Å². The zero-order valence-corrected chi connectivity index (χ0v) is 12.1. The second kappa shape index (κ2) is 5.98. The molecule has 0 aliphatic carbocycles. The maximum absolute atomic E-state index is 4.47. The van der Waals surface area contributed by atoms with E-state index in [9.17, 15) is 0 Å². The standard InChI is InChI=1S/C15H16N4S/c1-12-10-20-11-13(12)7-16-8-14-9-17-19(18-14)15-5-3-2-4-6-15/h2-6,9-11,16H,7-8H2,1H3. The van der Waals surface area contributed by atoms with Gasteiger partial charge in [-0.3, -0.25) is 0 Å². The first kappa shape index (κ1) is 13.0. The molecule has 0 aliphatic heterocycles. The number of nitrogens with one attached hydrogen (secondary N) is 1. The highest BCUT2D eigenvalue weighted by molar-refractivity contribution is 7.08. The van der Waals surface area contributed by atoms with Gasteiger partial charge < -0.3 is 5.32 Å². The molecule has 0 saturated heterocycles. The summed E-state index contributed by atoms with van der Waals surface area (Å²) in [6, 6.07) is 9.93. The molecule has 0 spiro atoms. The van der Waals surface area contributed by atoms with Gasteiger partial charge in [0.2, 0.25) is 0 Å². The van der Waals surface area contributed by atoms with Crippen LogP contribution < -0.4 is 5.32 Å². The van der Waals surface area contributed by atoms with Gasteiger partial charge in [0.05, 0.1) is 17.6 Å². The minimum absolute atomic E-state index is 0.724. The van der Waals surface area contributed by atoms with E-state index in [1.807, 2.05) is 30.3 Å². The monoisotopic (exact) mass is 284 g/mol. The van der Waals surface area contributed by atoms with Gasteiger partial charge in [-0.2, -0.15) is 26.3 Å². The maximum atomic E-state index is 4.47. The number of thiophene rings is 1. The van der Waals surface area contributed by atoms with Crippen molar-refractivity contribution in [3.05, 3.63) is 64.1 Å². The zero-order chi connectivity index (χ0) is 13.8. The molecule has 0 fully saturated rings. The van der Waals surface area contributed by atoms with Gasteiger partial charge in [0.25, 0.3) is 0 Å². The zero-order valence-electron chi connectivity index (χ0n) is 11.3. The Kier molecular flexibility index (Phi) is 3.90. The van der Waals surface area contributed by atoms with E-state index in [2.05, 4.69) is 33.2 Å². The van der Waals surface area contributed by atoms with Crippen LogP contribution in [0.2, 0.25) is 0 Å². The van der Waals surface area contributed by atoms with Crippen LogP contribution in [0.25, 0.3) is 5.69 Å². The molecule has 1 N–H and O–H groups in total. The van der Waals surface area contributed by atoms with Crippen LogP contribution in [-0.4, -0.2) is 15.0 Å². The van der Waals surface area contributed by atoms with E-state index in [0.717, 1.165) is 24.5 Å². The van der Waals surface area contributed by atoms with Gasteiger partial charge in [-0.25, -0.2) is 0 Å². The third-order valence-corrected chi connectivity index (χ3v) is 4.02. The number of hydrogen-bond acceptors (Lipinski definition) is 4. The Bertz CT molecular complexity index is 672. The van der Waals surface area contributed by atoms with Crippen molar-refractivity contribution in [3.63, 3.8) is 0 Å². The molecule has 5 heteroatoms. The number of para-hydroxylation sites is 1. The summed E-state index contributed by atoms with van der Waals surface area (Å²) in [6.07, 6.45) is 1.81. The molecule has 3 aromatic rings. The van der Waals surface area contributed by atoms with E-state index in [0.29, 0.717) is 0 Å². The fraction of sp³-hybridized carbons (Fsp3) is 0.200. The fourth-order valence-electron chi connectivity index (χ4n) is 1.95. The van der Waals surface area contributed by atoms with Crippen LogP contribution in [0.5, 0.6) is 0 Å². The molecular formula is C15H16N4S. The van der Waals surface area contributed by atoms with E-state index in [1.54, 1.807) is 22.3 Å². The summed E-state index contributed by atoms with van der Waals surface area (Å²) in [5, 5.41) is 16.5. The van der Waals surface area contributed by atoms with Crippen molar-refractivity contribution < 1.29 is 0 Å². The van der Waals surface area contributed by atoms with Gasteiger partial charge >= 0.3 is 0 Å². The molecule has 102 valence electrons. The quantitative estimate of drug-likeness (QED) is 0.783. The van der Waals surface area contributed by atoms with Crippen molar-refractivity contribution in [3.8, 4) is 5.69 Å². The Hall–Kier alpha value is -1.98. The summed E-state index contributed by atoms with van der Waals surface area (Å²) in [6.45, 7) is 3.73. The van der Waals surface area contributed by atoms with Crippen molar-refractivity contribution in [2.75, 3.05) is 0 Å². The lowest BCUT2D eigenvalue weighted by molar-refractivity contribution is 0.662. The summed E-state index contributed by atoms with van der Waals surface area (Å²) in [4.78, 5) is 1.66. The van der Waals surface area contributed by atoms with Crippen molar-refractivity contribution in [2.45, 2.75) is 20.0 Å². The van der Waals surface area contributed by atoms with Crippen LogP contribution in [0.3, 0.4) is 0 Å². The summed E-state index contributed by atoms with van der Waals surface area (Å²) in [5.74, 6) is 0. The van der Waals surface area contributed by atoms with Crippen molar-refractivity contribution in [1.29, 1.82) is 0 Å². The SMILES string of the molecule is Cc1cscc1CNCc1cnn(-c2ccccc2)n1. The van der Waals surface area contributed by atoms with Crippen molar-refractivity contribution in [2.24, 2.45) is 0 Å². The lowest BCUT2D eigenvalue weighted by atomic mass is 10.2. The number of rotatable bonds is 5. The highest BCUT2D eigenvalue weighted by atomic mass is 32.1. The predicted molar refractivity (Wildman–Crippen MR) is 81.0 cm³/mol. The fourth-order valence-corrected chi connectivity index (χ4v) is 2.81. The van der Waals surface area contributed by atoms with E-state index >= 15 is 0 Å². The number of benzene rings is 1. The van der Waals surface area contributed by atoms with Gasteiger partial charge in [-0.1, -0.05) is 18.2 Å². The van der Waals surface area contributed by atoms with Crippen LogP contribution in [0.4, 0.5) is 0 Å². The third-order valence-electron chi connectivity index (χ3n) is 3.11. The molecule has 0 atom stereocenters. The second-order valence-electron chi connectivity index (χ2n) is 4.64. The molecule has 0 unspecified atom stereocenters. The van der Waals surface area contributed by atoms with Crippen LogP contribution in [0.15, 0.2) is 47.3 Å². The Morgan fingerprint density at radius 2 is 2.00 bits per heavy atom. The van der Waals surface area contributed by atoms with E-state index in [-0.39, 0.29) is 0 Å². The first-order valence-electron chi connectivity index (χ1n) is 6.52. The summed E-state index contributed by atoms with van der Waals surface area (Å²) in [7, 11) is 0. The molecule has 0 aliphatic rings. The smallest absolute Gasteiger partial charge is 0.0969 e. The maximum Gasteiger partial charge on any atom is 0.0969 e. The Morgan fingerprint density at radius 1 is 1.15 bits per heavy atom. The van der Waals surface area contributed by atoms with Crippen LogP contribution >= 0.6 is 11.3 Å². The van der Waals surface area contributed by atoms with Gasteiger partial charge in [0, 0.05) is 13.1 Å². The molecule has 0 radical (unpaired) electrons. The average Bonchev–Trinajstić information content (AvgIpc) is 3.10. The molecule has 1 aromatic carbocycles. The topological polar surface area (TPSA) is 42.7 Å². The van der Waals surface area contributed by atoms with Gasteiger partial charge in [0.1, 0.15) is 0 Å². The lowest BCUT2D eigenvalue weighted by Crippen LogP contribution is -2.13. The van der Waals surface area contributed by atoms with E-state index < -0.39 is 0 Å². The largest absolute Gasteiger partial charge is 0.307 e. The number of nitrogens with zero attached hydrogens (tertiary/aromatic N) is 3. The third kappa shape index (κ3) is 2.95. The molecule has 2 heterocycles. The Labute approximate surface area is 122 Å². The first-order valence-corrected chi connectivity index (χ1v) is 7.46. The molecule has 0 saturated carbocycles. The van der Waals surface area contributed by atoms with Crippen LogP contribution in [-0.2, 0) is 13.1 Å². The Morgan fingerprint density at radius 3 is 2.75 bits per heavy atom. The first-order chi connectivity index (χ1) is 9.83. The minimum atomic E-state index is 0.724. The second-order valence-corrected chi connectivity index (χ2v) is 5.39. The number of aryl methyl sites for hydroxylation is 1. The lowest BCUT2D eigenvalue weighted by Gasteiger charge is -2.02. The average molecular weight is 284 g/mol. The summed E-state index contributed by atoms with van der Waals surface area (Å²) < 4.78 is 0. The summed E-state index contributed by atoms with van der Waals surface area (Å²) in [5.41, 5.74) is 4.62. The van der Waals surface area contributed by atoms with Crippen LogP contribution in [0.1, 0.15) is 16.8 Å².